The summed E-state index contributed by atoms with van der Waals surface area (Å²) in [5.74, 6) is 2.74. The van der Waals surface area contributed by atoms with Crippen LogP contribution in [0.5, 0.6) is 0 Å². The lowest BCUT2D eigenvalue weighted by molar-refractivity contribution is 1.31. The molecule has 0 amide bonds. The molecule has 14 heavy (non-hydrogen) atoms. The van der Waals surface area contributed by atoms with Crippen molar-refractivity contribution in [1.29, 1.82) is 0 Å². The Morgan fingerprint density at radius 3 is 2.79 bits per heavy atom. The summed E-state index contributed by atoms with van der Waals surface area (Å²) in [5.41, 5.74) is 2.80. The Balaban J connectivity index is 2.31. The van der Waals surface area contributed by atoms with Gasteiger partial charge in [0.25, 0.3) is 0 Å². The van der Waals surface area contributed by atoms with Crippen LogP contribution in [0.25, 0.3) is 0 Å². The monoisotopic (exact) mass is 226 g/mol. The highest BCUT2D eigenvalue weighted by Crippen LogP contribution is 2.15. The van der Waals surface area contributed by atoms with E-state index in [-0.39, 0.29) is 0 Å². The van der Waals surface area contributed by atoms with Crippen LogP contribution in [-0.4, -0.2) is 11.6 Å². The van der Waals surface area contributed by atoms with E-state index in [1.54, 1.807) is 0 Å². The zero-order valence-electron chi connectivity index (χ0n) is 8.37. The summed E-state index contributed by atoms with van der Waals surface area (Å²) in [5, 5.41) is 0. The number of rotatable bonds is 5. The first-order valence-corrected chi connectivity index (χ1v) is 6.36. The summed E-state index contributed by atoms with van der Waals surface area (Å²) in [6, 6.07) is 8.52. The molecule has 0 aliphatic carbocycles. The first-order chi connectivity index (χ1) is 6.84. The van der Waals surface area contributed by atoms with Crippen molar-refractivity contribution < 1.29 is 0 Å². The van der Waals surface area contributed by atoms with Crippen LogP contribution >= 0.6 is 23.4 Å². The van der Waals surface area contributed by atoms with Crippen molar-refractivity contribution >= 4 is 23.4 Å². The van der Waals surface area contributed by atoms with Crippen molar-refractivity contribution in [3.05, 3.63) is 47.5 Å². The molecule has 1 aromatic carbocycles. The highest BCUT2D eigenvalue weighted by atomic mass is 35.5. The van der Waals surface area contributed by atoms with E-state index in [1.165, 1.54) is 11.1 Å². The zero-order valence-corrected chi connectivity index (χ0v) is 9.94. The summed E-state index contributed by atoms with van der Waals surface area (Å²) in [6.45, 7) is 2.16. The molecule has 0 heterocycles. The Kier molecular flexibility index (Phi) is 5.81. The predicted octanol–water partition coefficient (Wildman–Crippen LogP) is 4.02. The molecule has 0 saturated carbocycles. The normalized spacial score (nSPS) is 11.0. The van der Waals surface area contributed by atoms with Gasteiger partial charge >= 0.3 is 0 Å². The molecule has 0 fully saturated rings. The first-order valence-electron chi connectivity index (χ1n) is 4.68. The summed E-state index contributed by atoms with van der Waals surface area (Å²) in [4.78, 5) is 0. The molecule has 0 radical (unpaired) electrons. The van der Waals surface area contributed by atoms with Gasteiger partial charge in [-0.1, -0.05) is 36.4 Å². The van der Waals surface area contributed by atoms with Crippen LogP contribution in [0.3, 0.4) is 0 Å². The third kappa shape index (κ3) is 4.21. The van der Waals surface area contributed by atoms with Crippen LogP contribution in [0.15, 0.2) is 36.4 Å². The van der Waals surface area contributed by atoms with Gasteiger partial charge in [-0.15, -0.1) is 11.6 Å². The quantitative estimate of drug-likeness (QED) is 0.415. The smallest absolute Gasteiger partial charge is 0.0404 e. The van der Waals surface area contributed by atoms with Crippen LogP contribution in [0.2, 0.25) is 0 Å². The fraction of sp³-hybridized carbons (Fsp3) is 0.333. The lowest BCUT2D eigenvalue weighted by Gasteiger charge is -2.03. The maximum Gasteiger partial charge on any atom is 0.0404 e. The number of aryl methyl sites for hydroxylation is 1. The van der Waals surface area contributed by atoms with Gasteiger partial charge in [-0.2, -0.15) is 11.8 Å². The third-order valence-electron chi connectivity index (χ3n) is 1.99. The van der Waals surface area contributed by atoms with E-state index in [0.29, 0.717) is 5.88 Å². The Labute approximate surface area is 95.4 Å². The molecule has 1 rings (SSSR count). The van der Waals surface area contributed by atoms with Gasteiger partial charge in [-0.25, -0.2) is 0 Å². The molecule has 0 aromatic heterocycles. The number of allylic oxidation sites excluding steroid dienone is 1. The Morgan fingerprint density at radius 2 is 2.07 bits per heavy atom. The molecule has 0 bridgehead atoms. The molecule has 0 aliphatic heterocycles. The standard InChI is InChI=1S/C12H15ClS/c1-11-6-2-3-7-12(11)10-14-9-5-4-8-13/h2-7H,8-10H2,1H3. The van der Waals surface area contributed by atoms with Gasteiger partial charge in [0.1, 0.15) is 0 Å². The largest absolute Gasteiger partial charge is 0.153 e. The Morgan fingerprint density at radius 1 is 1.29 bits per heavy atom. The lowest BCUT2D eigenvalue weighted by atomic mass is 10.1. The summed E-state index contributed by atoms with van der Waals surface area (Å²) in [7, 11) is 0. The van der Waals surface area contributed by atoms with Crippen LogP contribution < -0.4 is 0 Å². The van der Waals surface area contributed by atoms with Crippen molar-refractivity contribution in [1.82, 2.24) is 0 Å². The maximum atomic E-state index is 5.53. The zero-order chi connectivity index (χ0) is 10.2. The van der Waals surface area contributed by atoms with Crippen molar-refractivity contribution in [2.24, 2.45) is 0 Å². The topological polar surface area (TPSA) is 0 Å². The molecule has 1 aromatic rings. The Bertz CT molecular complexity index is 294. The van der Waals surface area contributed by atoms with E-state index in [4.69, 9.17) is 11.6 Å². The van der Waals surface area contributed by atoms with Gasteiger partial charge in [0.05, 0.1) is 0 Å². The number of benzene rings is 1. The number of hydrogen-bond acceptors (Lipinski definition) is 1. The van der Waals surface area contributed by atoms with Gasteiger partial charge < -0.3 is 0 Å². The van der Waals surface area contributed by atoms with Crippen LogP contribution in [-0.2, 0) is 5.75 Å². The molecule has 0 aliphatic rings. The van der Waals surface area contributed by atoms with Crippen molar-refractivity contribution in [3.63, 3.8) is 0 Å². The van der Waals surface area contributed by atoms with Gasteiger partial charge in [-0.05, 0) is 18.1 Å². The predicted molar refractivity (Wildman–Crippen MR) is 67.2 cm³/mol. The van der Waals surface area contributed by atoms with Crippen LogP contribution in [0, 0.1) is 6.92 Å². The minimum absolute atomic E-state index is 0.616. The van der Waals surface area contributed by atoms with E-state index < -0.39 is 0 Å². The molecule has 76 valence electrons. The average molecular weight is 227 g/mol. The number of halogens is 1. The fourth-order valence-corrected chi connectivity index (χ4v) is 2.20. The average Bonchev–Trinajstić information content (AvgIpc) is 2.20. The van der Waals surface area contributed by atoms with Gasteiger partial charge in [-0.3, -0.25) is 0 Å². The van der Waals surface area contributed by atoms with Crippen LogP contribution in [0.1, 0.15) is 11.1 Å². The van der Waals surface area contributed by atoms with Gasteiger partial charge in [0.2, 0.25) is 0 Å². The van der Waals surface area contributed by atoms with E-state index >= 15 is 0 Å². The molecular weight excluding hydrogens is 212 g/mol. The SMILES string of the molecule is Cc1ccccc1CSCC=CCCl. The third-order valence-corrected chi connectivity index (χ3v) is 3.11. The van der Waals surface area contributed by atoms with Gasteiger partial charge in [0.15, 0.2) is 0 Å². The molecule has 0 saturated heterocycles. The maximum absolute atomic E-state index is 5.53. The second kappa shape index (κ2) is 6.97. The summed E-state index contributed by atoms with van der Waals surface area (Å²) in [6.07, 6.45) is 4.11. The summed E-state index contributed by atoms with van der Waals surface area (Å²) >= 11 is 7.44. The molecule has 2 heteroatoms. The van der Waals surface area contributed by atoms with Crippen molar-refractivity contribution in [3.8, 4) is 0 Å². The summed E-state index contributed by atoms with van der Waals surface area (Å²) < 4.78 is 0. The second-order valence-corrected chi connectivity index (χ2v) is 4.41. The molecule has 0 spiro atoms. The highest BCUT2D eigenvalue weighted by Gasteiger charge is 1.95. The lowest BCUT2D eigenvalue weighted by Crippen LogP contribution is -1.85. The first kappa shape index (κ1) is 11.7. The van der Waals surface area contributed by atoms with E-state index in [2.05, 4.69) is 37.3 Å². The second-order valence-electron chi connectivity index (χ2n) is 3.07. The minimum Gasteiger partial charge on any atom is -0.153 e. The fourth-order valence-electron chi connectivity index (χ4n) is 1.14. The van der Waals surface area contributed by atoms with Gasteiger partial charge in [0, 0.05) is 17.4 Å². The molecule has 0 N–H and O–H groups in total. The molecular formula is C12H15ClS. The highest BCUT2D eigenvalue weighted by molar-refractivity contribution is 7.98. The number of alkyl halides is 1. The number of hydrogen-bond donors (Lipinski definition) is 0. The van der Waals surface area contributed by atoms with E-state index in [1.807, 2.05) is 17.8 Å². The van der Waals surface area contributed by atoms with E-state index in [9.17, 15) is 0 Å². The Hall–Kier alpha value is -0.400. The minimum atomic E-state index is 0.616. The molecule has 0 nitrogen and oxygen atoms in total. The number of thioether (sulfide) groups is 1. The molecule has 0 atom stereocenters. The van der Waals surface area contributed by atoms with Crippen LogP contribution in [0.4, 0.5) is 0 Å². The molecule has 0 unspecified atom stereocenters. The van der Waals surface area contributed by atoms with E-state index in [0.717, 1.165) is 11.5 Å². The van der Waals surface area contributed by atoms with Crippen molar-refractivity contribution in [2.45, 2.75) is 12.7 Å². The van der Waals surface area contributed by atoms with Crippen molar-refractivity contribution in [2.75, 3.05) is 11.6 Å².